The van der Waals surface area contributed by atoms with E-state index in [4.69, 9.17) is 4.98 Å². The third-order valence-corrected chi connectivity index (χ3v) is 5.52. The largest absolute Gasteiger partial charge is 0.465 e. The minimum atomic E-state index is -1.01. The summed E-state index contributed by atoms with van der Waals surface area (Å²) in [6.07, 6.45) is 9.76. The predicted molar refractivity (Wildman–Crippen MR) is 105 cm³/mol. The molecular weight excluding hydrogens is 391 g/mol. The molecule has 154 valence electrons. The Balaban J connectivity index is 1.56. The van der Waals surface area contributed by atoms with Gasteiger partial charge in [0, 0.05) is 49.9 Å². The van der Waals surface area contributed by atoms with Crippen LogP contribution in [0.15, 0.2) is 43.2 Å². The zero-order valence-corrected chi connectivity index (χ0v) is 16.2. The Kier molecular flexibility index (Phi) is 4.05. The number of hydrogen-bond donors (Lipinski definition) is 1. The molecule has 0 unspecified atom stereocenters. The fourth-order valence-electron chi connectivity index (χ4n) is 3.92. The van der Waals surface area contributed by atoms with Crippen LogP contribution in [0.5, 0.6) is 0 Å². The van der Waals surface area contributed by atoms with Crippen molar-refractivity contribution in [2.75, 3.05) is 19.8 Å². The van der Waals surface area contributed by atoms with Crippen LogP contribution in [-0.2, 0) is 12.6 Å². The van der Waals surface area contributed by atoms with Gasteiger partial charge in [-0.3, -0.25) is 18.2 Å². The Morgan fingerprint density at radius 3 is 2.73 bits per heavy atom. The van der Waals surface area contributed by atoms with Crippen molar-refractivity contribution in [3.63, 3.8) is 0 Å². The zero-order chi connectivity index (χ0) is 20.9. The first-order chi connectivity index (χ1) is 14.5. The van der Waals surface area contributed by atoms with Crippen LogP contribution in [0, 0.1) is 0 Å². The number of carbonyl (C=O) groups is 1. The first-order valence-electron chi connectivity index (χ1n) is 9.42. The molecule has 0 atom stereocenters. The van der Waals surface area contributed by atoms with Gasteiger partial charge >= 0.3 is 6.09 Å². The van der Waals surface area contributed by atoms with Crippen molar-refractivity contribution in [2.45, 2.75) is 12.0 Å². The average molecular weight is 410 g/mol. The highest BCUT2D eigenvalue weighted by Crippen LogP contribution is 2.34. The van der Waals surface area contributed by atoms with Gasteiger partial charge in [0.1, 0.15) is 17.0 Å². The molecule has 5 heterocycles. The normalized spacial score (nSPS) is 15.5. The monoisotopic (exact) mass is 410 g/mol. The number of aromatic nitrogens is 7. The van der Waals surface area contributed by atoms with Gasteiger partial charge in [-0.15, -0.1) is 0 Å². The van der Waals surface area contributed by atoms with E-state index in [-0.39, 0.29) is 19.5 Å². The molecule has 30 heavy (non-hydrogen) atoms. The van der Waals surface area contributed by atoms with Crippen molar-refractivity contribution in [2.24, 2.45) is 7.05 Å². The summed E-state index contributed by atoms with van der Waals surface area (Å²) in [6.45, 7) is -0.142. The van der Waals surface area contributed by atoms with Gasteiger partial charge in [0.15, 0.2) is 0 Å². The third kappa shape index (κ3) is 2.81. The van der Waals surface area contributed by atoms with Crippen molar-refractivity contribution < 1.29 is 14.3 Å². The minimum Gasteiger partial charge on any atom is -0.465 e. The molecule has 4 aromatic heterocycles. The number of aryl methyl sites for hydroxylation is 1. The Morgan fingerprint density at radius 1 is 1.23 bits per heavy atom. The fourth-order valence-corrected chi connectivity index (χ4v) is 3.92. The van der Waals surface area contributed by atoms with Crippen LogP contribution in [0.25, 0.3) is 28.3 Å². The molecule has 1 aliphatic rings. The molecule has 0 spiro atoms. The highest BCUT2D eigenvalue weighted by molar-refractivity contribution is 5.68. The minimum absolute atomic E-state index is 0.196. The topological polar surface area (TPSA) is 106 Å². The van der Waals surface area contributed by atoms with Crippen LogP contribution < -0.4 is 0 Å². The van der Waals surface area contributed by atoms with Gasteiger partial charge in [-0.1, -0.05) is 0 Å². The van der Waals surface area contributed by atoms with E-state index in [0.29, 0.717) is 5.82 Å². The van der Waals surface area contributed by atoms with E-state index in [1.54, 1.807) is 34.2 Å². The van der Waals surface area contributed by atoms with Gasteiger partial charge < -0.3 is 10.0 Å². The van der Waals surface area contributed by atoms with Crippen LogP contribution in [0.2, 0.25) is 0 Å². The summed E-state index contributed by atoms with van der Waals surface area (Å²) in [5, 5.41) is 17.8. The number of halogens is 1. The summed E-state index contributed by atoms with van der Waals surface area (Å²) in [7, 11) is 1.84. The van der Waals surface area contributed by atoms with Crippen LogP contribution >= 0.6 is 0 Å². The van der Waals surface area contributed by atoms with Gasteiger partial charge in [0.05, 0.1) is 43.4 Å². The Labute approximate surface area is 170 Å². The summed E-state index contributed by atoms with van der Waals surface area (Å²) >= 11 is 0. The molecule has 0 aromatic carbocycles. The molecule has 1 amide bonds. The second-order valence-electron chi connectivity index (χ2n) is 7.50. The molecule has 11 heteroatoms. The van der Waals surface area contributed by atoms with Crippen molar-refractivity contribution in [1.29, 1.82) is 0 Å². The van der Waals surface area contributed by atoms with Crippen LogP contribution in [0.1, 0.15) is 6.42 Å². The van der Waals surface area contributed by atoms with Crippen LogP contribution in [0.3, 0.4) is 0 Å². The number of imidazole rings is 1. The molecule has 1 saturated heterocycles. The van der Waals surface area contributed by atoms with E-state index in [0.717, 1.165) is 22.5 Å². The molecule has 1 aliphatic heterocycles. The fraction of sp³-hybridized carbons (Fsp3) is 0.316. The van der Waals surface area contributed by atoms with Crippen LogP contribution in [0.4, 0.5) is 9.18 Å². The summed E-state index contributed by atoms with van der Waals surface area (Å²) in [4.78, 5) is 21.6. The standard InChI is InChI=1S/C19H19FN8O2/c1-25-9-13(7-22-25)15-6-16-21-4-5-27(16)17(24-15)14-8-23-28(10-14)19(2-3-20)11-26(12-19)18(29)30/h4-10H,2-3,11-12H2,1H3,(H,29,30). The molecule has 0 bridgehead atoms. The average Bonchev–Trinajstić information content (AvgIpc) is 3.43. The molecule has 10 nitrogen and oxygen atoms in total. The summed E-state index contributed by atoms with van der Waals surface area (Å²) in [6, 6.07) is 1.88. The number of amides is 1. The zero-order valence-electron chi connectivity index (χ0n) is 16.2. The second kappa shape index (κ2) is 6.65. The maximum absolute atomic E-state index is 13.2. The highest BCUT2D eigenvalue weighted by atomic mass is 19.1. The quantitative estimate of drug-likeness (QED) is 0.540. The van der Waals surface area contributed by atoms with Gasteiger partial charge in [0.2, 0.25) is 0 Å². The van der Waals surface area contributed by atoms with Crippen molar-refractivity contribution in [3.05, 3.63) is 43.2 Å². The number of rotatable bonds is 5. The van der Waals surface area contributed by atoms with E-state index in [9.17, 15) is 14.3 Å². The first-order valence-corrected chi connectivity index (χ1v) is 9.42. The molecule has 1 fully saturated rings. The SMILES string of the molecule is Cn1cc(-c2cc3nccn3c(-c3cnn(C4(CCF)CN(C(=O)O)C4)c3)n2)cn1. The van der Waals surface area contributed by atoms with Crippen molar-refractivity contribution in [3.8, 4) is 22.6 Å². The molecule has 4 aromatic rings. The van der Waals surface area contributed by atoms with Gasteiger partial charge in [-0.05, 0) is 0 Å². The summed E-state index contributed by atoms with van der Waals surface area (Å²) < 4.78 is 18.5. The molecule has 0 aliphatic carbocycles. The number of alkyl halides is 1. The Morgan fingerprint density at radius 2 is 2.03 bits per heavy atom. The second-order valence-corrected chi connectivity index (χ2v) is 7.50. The number of likely N-dealkylation sites (tertiary alicyclic amines) is 1. The molecule has 0 radical (unpaired) electrons. The van der Waals surface area contributed by atoms with Gasteiger partial charge in [-0.25, -0.2) is 14.8 Å². The Hall–Kier alpha value is -3.76. The lowest BCUT2D eigenvalue weighted by atomic mass is 9.87. The maximum atomic E-state index is 13.2. The maximum Gasteiger partial charge on any atom is 0.407 e. The highest BCUT2D eigenvalue weighted by Gasteiger charge is 2.47. The predicted octanol–water partition coefficient (Wildman–Crippen LogP) is 2.04. The molecule has 0 saturated carbocycles. The van der Waals surface area contributed by atoms with E-state index < -0.39 is 18.3 Å². The van der Waals surface area contributed by atoms with Gasteiger partial charge in [-0.2, -0.15) is 10.2 Å². The molecule has 5 rings (SSSR count). The summed E-state index contributed by atoms with van der Waals surface area (Å²) in [5.74, 6) is 0.639. The summed E-state index contributed by atoms with van der Waals surface area (Å²) in [5.41, 5.74) is 2.37. The molecular formula is C19H19FN8O2. The number of fused-ring (bicyclic) bond motifs is 1. The van der Waals surface area contributed by atoms with E-state index in [2.05, 4.69) is 15.2 Å². The number of hydrogen-bond acceptors (Lipinski definition) is 5. The van der Waals surface area contributed by atoms with E-state index in [1.165, 1.54) is 4.90 Å². The van der Waals surface area contributed by atoms with E-state index in [1.807, 2.05) is 29.9 Å². The molecule has 1 N–H and O–H groups in total. The van der Waals surface area contributed by atoms with Gasteiger partial charge in [0.25, 0.3) is 0 Å². The lowest BCUT2D eigenvalue weighted by Gasteiger charge is -2.48. The lowest BCUT2D eigenvalue weighted by Crippen LogP contribution is -2.64. The third-order valence-electron chi connectivity index (χ3n) is 5.52. The van der Waals surface area contributed by atoms with Crippen molar-refractivity contribution >= 4 is 11.7 Å². The first kappa shape index (κ1) is 18.3. The number of carboxylic acid groups (broad SMARTS) is 1. The smallest absolute Gasteiger partial charge is 0.407 e. The van der Waals surface area contributed by atoms with Crippen LogP contribution in [-0.4, -0.2) is 69.8 Å². The van der Waals surface area contributed by atoms with Crippen molar-refractivity contribution in [1.82, 2.24) is 38.8 Å². The lowest BCUT2D eigenvalue weighted by molar-refractivity contribution is 0.00134. The Bertz CT molecular complexity index is 1240. The van der Waals surface area contributed by atoms with E-state index >= 15 is 0 Å². The number of nitrogens with zero attached hydrogens (tertiary/aromatic N) is 8.